The lowest BCUT2D eigenvalue weighted by molar-refractivity contribution is 1.00. The molecule has 0 bridgehead atoms. The summed E-state index contributed by atoms with van der Waals surface area (Å²) in [5.41, 5.74) is 7.89. The van der Waals surface area contributed by atoms with Crippen molar-refractivity contribution in [1.29, 1.82) is 0 Å². The number of rotatable bonds is 3. The van der Waals surface area contributed by atoms with E-state index >= 15 is 0 Å². The van der Waals surface area contributed by atoms with Crippen molar-refractivity contribution in [2.24, 2.45) is 0 Å². The van der Waals surface area contributed by atoms with Crippen LogP contribution in [0.3, 0.4) is 0 Å². The van der Waals surface area contributed by atoms with Crippen molar-refractivity contribution in [2.75, 3.05) is 0 Å². The number of hydrogen-bond acceptors (Lipinski definition) is 2. The summed E-state index contributed by atoms with van der Waals surface area (Å²) in [6.07, 6.45) is 6.76. The first-order valence-corrected chi connectivity index (χ1v) is 12.5. The minimum atomic E-state index is 0.749. The Morgan fingerprint density at radius 1 is 0.500 bits per heavy atom. The SMILES string of the molecule is C1=Cc2c(c3ccc(-c4nc(-c5ccccc5)cc(-c5ccccc5)n4)cc3c3ccccc23)CC1. The maximum atomic E-state index is 5.05. The van der Waals surface area contributed by atoms with Gasteiger partial charge in [-0.05, 0) is 57.6 Å². The van der Waals surface area contributed by atoms with Gasteiger partial charge >= 0.3 is 0 Å². The van der Waals surface area contributed by atoms with Crippen molar-refractivity contribution < 1.29 is 0 Å². The van der Waals surface area contributed by atoms with Gasteiger partial charge in [0.2, 0.25) is 0 Å². The summed E-state index contributed by atoms with van der Waals surface area (Å²) in [5, 5.41) is 5.20. The molecule has 5 aromatic carbocycles. The first-order valence-electron chi connectivity index (χ1n) is 12.5. The van der Waals surface area contributed by atoms with Crippen molar-refractivity contribution in [2.45, 2.75) is 12.8 Å². The van der Waals surface area contributed by atoms with Gasteiger partial charge < -0.3 is 0 Å². The fraction of sp³-hybridized carbons (Fsp3) is 0.0588. The van der Waals surface area contributed by atoms with E-state index in [1.165, 1.54) is 32.7 Å². The summed E-state index contributed by atoms with van der Waals surface area (Å²) >= 11 is 0. The molecule has 0 saturated heterocycles. The lowest BCUT2D eigenvalue weighted by atomic mass is 9.86. The first kappa shape index (κ1) is 20.8. The van der Waals surface area contributed by atoms with Gasteiger partial charge in [0, 0.05) is 16.7 Å². The summed E-state index contributed by atoms with van der Waals surface area (Å²) in [7, 11) is 0. The molecule has 36 heavy (non-hydrogen) atoms. The Kier molecular flexibility index (Phi) is 4.96. The third-order valence-corrected chi connectivity index (χ3v) is 7.15. The zero-order valence-electron chi connectivity index (χ0n) is 19.9. The Labute approximate surface area is 210 Å². The number of benzene rings is 5. The van der Waals surface area contributed by atoms with E-state index in [0.29, 0.717) is 0 Å². The zero-order valence-corrected chi connectivity index (χ0v) is 19.9. The molecule has 0 spiro atoms. The lowest BCUT2D eigenvalue weighted by Crippen LogP contribution is -1.99. The molecule has 0 atom stereocenters. The van der Waals surface area contributed by atoms with E-state index < -0.39 is 0 Å². The predicted octanol–water partition coefficient (Wildman–Crippen LogP) is 8.74. The van der Waals surface area contributed by atoms with E-state index in [4.69, 9.17) is 9.97 Å². The Hall–Kier alpha value is -4.56. The Morgan fingerprint density at radius 2 is 1.14 bits per heavy atom. The van der Waals surface area contributed by atoms with Gasteiger partial charge in [0.05, 0.1) is 11.4 Å². The molecule has 170 valence electrons. The van der Waals surface area contributed by atoms with Crippen LogP contribution in [0, 0.1) is 0 Å². The van der Waals surface area contributed by atoms with Crippen LogP contribution in [0.2, 0.25) is 0 Å². The first-order chi connectivity index (χ1) is 17.8. The molecule has 0 N–H and O–H groups in total. The Bertz CT molecular complexity index is 1710. The van der Waals surface area contributed by atoms with Crippen LogP contribution in [0.25, 0.3) is 61.5 Å². The van der Waals surface area contributed by atoms with Gasteiger partial charge in [-0.15, -0.1) is 0 Å². The summed E-state index contributed by atoms with van der Waals surface area (Å²) in [4.78, 5) is 10.1. The molecule has 6 aromatic rings. The number of nitrogens with zero attached hydrogens (tertiary/aromatic N) is 2. The molecule has 1 heterocycles. The van der Waals surface area contributed by atoms with E-state index in [0.717, 1.165) is 46.7 Å². The molecule has 1 aromatic heterocycles. The van der Waals surface area contributed by atoms with E-state index in [1.54, 1.807) is 0 Å². The predicted molar refractivity (Wildman–Crippen MR) is 151 cm³/mol. The topological polar surface area (TPSA) is 25.8 Å². The molecule has 1 aliphatic carbocycles. The van der Waals surface area contributed by atoms with Gasteiger partial charge in [-0.1, -0.05) is 109 Å². The number of aryl methyl sites for hydroxylation is 1. The van der Waals surface area contributed by atoms with Crippen LogP contribution >= 0.6 is 0 Å². The van der Waals surface area contributed by atoms with Gasteiger partial charge in [-0.25, -0.2) is 9.97 Å². The molecule has 2 heteroatoms. The smallest absolute Gasteiger partial charge is 0.160 e. The van der Waals surface area contributed by atoms with E-state index in [-0.39, 0.29) is 0 Å². The third-order valence-electron chi connectivity index (χ3n) is 7.15. The van der Waals surface area contributed by atoms with Gasteiger partial charge in [0.15, 0.2) is 5.82 Å². The van der Waals surface area contributed by atoms with Gasteiger partial charge in [-0.2, -0.15) is 0 Å². The zero-order chi connectivity index (χ0) is 23.9. The lowest BCUT2D eigenvalue weighted by Gasteiger charge is -2.18. The second-order valence-corrected chi connectivity index (χ2v) is 9.33. The fourth-order valence-corrected chi connectivity index (χ4v) is 5.41. The minimum absolute atomic E-state index is 0.749. The summed E-state index contributed by atoms with van der Waals surface area (Å²) in [6.45, 7) is 0. The van der Waals surface area contributed by atoms with Gasteiger partial charge in [0.1, 0.15) is 0 Å². The standard InChI is InChI=1S/C34H24N2/c1-3-11-23(12-4-1)32-22-33(24-13-5-2-6-14-24)36-34(35-32)25-19-20-30-28-17-8-7-15-26(28)27-16-9-10-18-29(27)31(30)21-25/h1-7,9-16,18-22H,8,17H2. The summed E-state index contributed by atoms with van der Waals surface area (Å²) < 4.78 is 0. The van der Waals surface area contributed by atoms with E-state index in [2.05, 4.69) is 109 Å². The van der Waals surface area contributed by atoms with Crippen LogP contribution < -0.4 is 0 Å². The number of fused-ring (bicyclic) bond motifs is 6. The molecule has 0 saturated carbocycles. The third kappa shape index (κ3) is 3.50. The fourth-order valence-electron chi connectivity index (χ4n) is 5.41. The van der Waals surface area contributed by atoms with Crippen LogP contribution in [0.15, 0.2) is 115 Å². The molecule has 0 fully saturated rings. The maximum Gasteiger partial charge on any atom is 0.160 e. The molecule has 2 nitrogen and oxygen atoms in total. The van der Waals surface area contributed by atoms with Crippen LogP contribution in [0.5, 0.6) is 0 Å². The van der Waals surface area contributed by atoms with E-state index in [1.807, 2.05) is 12.1 Å². The molecule has 0 unspecified atom stereocenters. The van der Waals surface area contributed by atoms with Crippen LogP contribution in [-0.2, 0) is 6.42 Å². The Morgan fingerprint density at radius 3 is 1.83 bits per heavy atom. The largest absolute Gasteiger partial charge is 0.228 e. The second kappa shape index (κ2) is 8.58. The average molecular weight is 461 g/mol. The van der Waals surface area contributed by atoms with Crippen molar-refractivity contribution >= 4 is 27.6 Å². The van der Waals surface area contributed by atoms with Crippen molar-refractivity contribution in [3.05, 3.63) is 126 Å². The number of aromatic nitrogens is 2. The van der Waals surface area contributed by atoms with Crippen LogP contribution in [-0.4, -0.2) is 9.97 Å². The normalized spacial score (nSPS) is 12.7. The number of hydrogen-bond donors (Lipinski definition) is 0. The maximum absolute atomic E-state index is 5.05. The highest BCUT2D eigenvalue weighted by Crippen LogP contribution is 2.38. The molecule has 0 radical (unpaired) electrons. The average Bonchev–Trinajstić information content (AvgIpc) is 2.98. The summed E-state index contributed by atoms with van der Waals surface area (Å²) in [6, 6.07) is 38.3. The molecule has 0 amide bonds. The van der Waals surface area contributed by atoms with Gasteiger partial charge in [0.25, 0.3) is 0 Å². The minimum Gasteiger partial charge on any atom is -0.228 e. The molecular weight excluding hydrogens is 436 g/mol. The van der Waals surface area contributed by atoms with E-state index in [9.17, 15) is 0 Å². The number of allylic oxidation sites excluding steroid dienone is 1. The van der Waals surface area contributed by atoms with Crippen molar-refractivity contribution in [3.63, 3.8) is 0 Å². The molecular formula is C34H24N2. The molecule has 1 aliphatic rings. The van der Waals surface area contributed by atoms with Crippen LogP contribution in [0.4, 0.5) is 0 Å². The van der Waals surface area contributed by atoms with Crippen molar-refractivity contribution in [1.82, 2.24) is 9.97 Å². The highest BCUT2D eigenvalue weighted by atomic mass is 14.9. The quantitative estimate of drug-likeness (QED) is 0.247. The highest BCUT2D eigenvalue weighted by molar-refractivity contribution is 6.13. The Balaban J connectivity index is 1.48. The highest BCUT2D eigenvalue weighted by Gasteiger charge is 2.16. The summed E-state index contributed by atoms with van der Waals surface area (Å²) in [5.74, 6) is 0.749. The van der Waals surface area contributed by atoms with Crippen LogP contribution in [0.1, 0.15) is 17.5 Å². The second-order valence-electron chi connectivity index (χ2n) is 9.33. The van der Waals surface area contributed by atoms with Gasteiger partial charge in [-0.3, -0.25) is 0 Å². The van der Waals surface area contributed by atoms with Crippen molar-refractivity contribution in [3.8, 4) is 33.9 Å². The molecule has 7 rings (SSSR count). The molecule has 0 aliphatic heterocycles. The monoisotopic (exact) mass is 460 g/mol.